The molecule has 3 heteroatoms. The van der Waals surface area contributed by atoms with Crippen molar-refractivity contribution in [2.75, 3.05) is 0 Å². The molecule has 1 aromatic rings. The van der Waals surface area contributed by atoms with Gasteiger partial charge in [-0.05, 0) is 77.5 Å². The van der Waals surface area contributed by atoms with Crippen LogP contribution in [0.1, 0.15) is 79.0 Å². The predicted octanol–water partition coefficient (Wildman–Crippen LogP) is 5.72. The van der Waals surface area contributed by atoms with Crippen LogP contribution in [0.2, 0.25) is 0 Å². The topological polar surface area (TPSA) is 18.4 Å². The largest absolute Gasteiger partial charge is 0.244 e. The normalized spacial score (nSPS) is 15.9. The number of benzene rings is 1. The van der Waals surface area contributed by atoms with Crippen LogP contribution in [-0.4, -0.2) is 27.1 Å². The molecule has 0 bridgehead atoms. The Hall–Kier alpha value is -1.51. The zero-order chi connectivity index (χ0) is 18.7. The standard InChI is InChI=1S/C21H35N3/c1-14-12-16(19(3,4)5)13-15(2)17(14)22-18-23(20(6,7)8)24(18)21(9,10)11/h12-13H,1-11H3. The van der Waals surface area contributed by atoms with Crippen molar-refractivity contribution in [2.45, 2.75) is 92.7 Å². The van der Waals surface area contributed by atoms with E-state index in [1.165, 1.54) is 16.7 Å². The zero-order valence-corrected chi connectivity index (χ0v) is 17.5. The first-order valence-corrected chi connectivity index (χ1v) is 8.95. The van der Waals surface area contributed by atoms with Crippen LogP contribution >= 0.6 is 0 Å². The van der Waals surface area contributed by atoms with Gasteiger partial charge in [0.1, 0.15) is 0 Å². The number of hydrogen-bond acceptors (Lipinski definition) is 1. The Kier molecular flexibility index (Phi) is 4.32. The van der Waals surface area contributed by atoms with E-state index in [2.05, 4.69) is 98.3 Å². The van der Waals surface area contributed by atoms with Gasteiger partial charge in [-0.3, -0.25) is 0 Å². The minimum atomic E-state index is 0.0409. The smallest absolute Gasteiger partial charge is 0.241 e. The van der Waals surface area contributed by atoms with E-state index in [4.69, 9.17) is 4.99 Å². The highest BCUT2D eigenvalue weighted by atomic mass is 15.9. The van der Waals surface area contributed by atoms with Crippen LogP contribution in [0.5, 0.6) is 0 Å². The van der Waals surface area contributed by atoms with Crippen molar-refractivity contribution < 1.29 is 0 Å². The summed E-state index contributed by atoms with van der Waals surface area (Å²) in [4.78, 5) is 5.06. The fourth-order valence-corrected chi connectivity index (χ4v) is 3.10. The molecule has 0 unspecified atom stereocenters. The summed E-state index contributed by atoms with van der Waals surface area (Å²) in [6.45, 7) is 24.5. The Balaban J connectivity index is 2.48. The number of aryl methyl sites for hydroxylation is 2. The second-order valence-electron chi connectivity index (χ2n) is 10.1. The summed E-state index contributed by atoms with van der Waals surface area (Å²) in [5.74, 6) is 1.07. The summed E-state index contributed by atoms with van der Waals surface area (Å²) < 4.78 is 0. The molecule has 0 radical (unpaired) electrons. The molecular formula is C21H35N3. The Morgan fingerprint density at radius 1 is 0.708 bits per heavy atom. The molecule has 0 spiro atoms. The summed E-state index contributed by atoms with van der Waals surface area (Å²) in [5, 5.41) is 4.62. The molecule has 0 saturated carbocycles. The highest BCUT2D eigenvalue weighted by Crippen LogP contribution is 2.40. The average Bonchev–Trinajstić information content (AvgIpc) is 3.06. The van der Waals surface area contributed by atoms with Gasteiger partial charge in [-0.25, -0.2) is 15.0 Å². The number of guanidine groups is 1. The van der Waals surface area contributed by atoms with E-state index in [0.717, 1.165) is 11.6 Å². The summed E-state index contributed by atoms with van der Waals surface area (Å²) in [7, 11) is 0. The quantitative estimate of drug-likeness (QED) is 0.614. The van der Waals surface area contributed by atoms with Gasteiger partial charge in [-0.15, -0.1) is 0 Å². The van der Waals surface area contributed by atoms with Crippen LogP contribution in [0.15, 0.2) is 17.1 Å². The van der Waals surface area contributed by atoms with Gasteiger partial charge in [-0.2, -0.15) is 0 Å². The predicted molar refractivity (Wildman–Crippen MR) is 105 cm³/mol. The molecule has 24 heavy (non-hydrogen) atoms. The lowest BCUT2D eigenvalue weighted by Gasteiger charge is -2.27. The van der Waals surface area contributed by atoms with Crippen LogP contribution in [0.25, 0.3) is 0 Å². The molecule has 0 amide bonds. The highest BCUT2D eigenvalue weighted by molar-refractivity contribution is 5.95. The Morgan fingerprint density at radius 3 is 1.38 bits per heavy atom. The maximum Gasteiger partial charge on any atom is 0.241 e. The minimum absolute atomic E-state index is 0.0409. The molecule has 1 fully saturated rings. The Bertz CT molecular complexity index is 619. The molecule has 1 aliphatic rings. The van der Waals surface area contributed by atoms with Gasteiger partial charge in [0, 0.05) is 0 Å². The first kappa shape index (κ1) is 18.8. The van der Waals surface area contributed by atoms with E-state index in [0.29, 0.717) is 0 Å². The molecular weight excluding hydrogens is 294 g/mol. The maximum absolute atomic E-state index is 5.06. The molecule has 1 heterocycles. The summed E-state index contributed by atoms with van der Waals surface area (Å²) >= 11 is 0. The van der Waals surface area contributed by atoms with Crippen LogP contribution in [0, 0.1) is 13.8 Å². The summed E-state index contributed by atoms with van der Waals surface area (Å²) in [6, 6.07) is 4.58. The number of hydrazine groups is 1. The number of nitrogens with zero attached hydrogens (tertiary/aromatic N) is 3. The molecule has 3 nitrogen and oxygen atoms in total. The molecule has 0 N–H and O–H groups in total. The first-order valence-electron chi connectivity index (χ1n) is 8.95. The zero-order valence-electron chi connectivity index (χ0n) is 17.5. The average molecular weight is 330 g/mol. The van der Waals surface area contributed by atoms with E-state index in [-0.39, 0.29) is 16.5 Å². The minimum Gasteiger partial charge on any atom is -0.244 e. The van der Waals surface area contributed by atoms with Gasteiger partial charge >= 0.3 is 0 Å². The molecule has 134 valence electrons. The van der Waals surface area contributed by atoms with Crippen molar-refractivity contribution in [1.29, 1.82) is 0 Å². The number of aliphatic imine (C=N–C) groups is 1. The summed E-state index contributed by atoms with van der Waals surface area (Å²) in [5.41, 5.74) is 5.23. The second kappa shape index (κ2) is 5.50. The van der Waals surface area contributed by atoms with Crippen molar-refractivity contribution in [1.82, 2.24) is 10.0 Å². The number of hydrogen-bond donors (Lipinski definition) is 0. The van der Waals surface area contributed by atoms with Crippen LogP contribution < -0.4 is 0 Å². The lowest BCUT2D eigenvalue weighted by atomic mass is 9.85. The molecule has 0 aliphatic carbocycles. The lowest BCUT2D eigenvalue weighted by molar-refractivity contribution is 0.110. The Labute approximate surface area is 148 Å². The van der Waals surface area contributed by atoms with Gasteiger partial charge in [-0.1, -0.05) is 32.9 Å². The van der Waals surface area contributed by atoms with Gasteiger partial charge in [0.05, 0.1) is 16.8 Å². The summed E-state index contributed by atoms with van der Waals surface area (Å²) in [6.07, 6.45) is 0. The Morgan fingerprint density at radius 2 is 1.08 bits per heavy atom. The molecule has 0 aromatic heterocycles. The molecule has 2 rings (SSSR count). The third-order valence-corrected chi connectivity index (χ3v) is 4.38. The molecule has 1 aliphatic heterocycles. The third-order valence-electron chi connectivity index (χ3n) is 4.38. The van der Waals surface area contributed by atoms with Crippen molar-refractivity contribution in [3.63, 3.8) is 0 Å². The highest BCUT2D eigenvalue weighted by Gasteiger charge is 2.52. The van der Waals surface area contributed by atoms with Crippen LogP contribution in [-0.2, 0) is 5.41 Å². The van der Waals surface area contributed by atoms with E-state index in [1.807, 2.05) is 0 Å². The van der Waals surface area contributed by atoms with Gasteiger partial charge < -0.3 is 0 Å². The van der Waals surface area contributed by atoms with E-state index in [9.17, 15) is 0 Å². The van der Waals surface area contributed by atoms with Gasteiger partial charge in [0.2, 0.25) is 5.96 Å². The molecule has 1 aromatic carbocycles. The van der Waals surface area contributed by atoms with Crippen LogP contribution in [0.4, 0.5) is 5.69 Å². The second-order valence-corrected chi connectivity index (χ2v) is 10.1. The fraction of sp³-hybridized carbons (Fsp3) is 0.667. The van der Waals surface area contributed by atoms with Crippen molar-refractivity contribution in [3.05, 3.63) is 28.8 Å². The van der Waals surface area contributed by atoms with Crippen LogP contribution in [0.3, 0.4) is 0 Å². The maximum atomic E-state index is 5.06. The van der Waals surface area contributed by atoms with Gasteiger partial charge in [0.15, 0.2) is 0 Å². The lowest BCUT2D eigenvalue weighted by Crippen LogP contribution is -2.36. The van der Waals surface area contributed by atoms with E-state index in [1.54, 1.807) is 0 Å². The first-order chi connectivity index (χ1) is 10.6. The fourth-order valence-electron chi connectivity index (χ4n) is 3.10. The number of rotatable bonds is 1. The molecule has 1 saturated heterocycles. The SMILES string of the molecule is Cc1cc(C(C)(C)C)cc(C)c1N=C1N(C(C)(C)C)N1C(C)(C)C. The van der Waals surface area contributed by atoms with Crippen molar-refractivity contribution in [3.8, 4) is 0 Å². The molecule has 0 atom stereocenters. The third kappa shape index (κ3) is 3.60. The monoisotopic (exact) mass is 329 g/mol. The van der Waals surface area contributed by atoms with Gasteiger partial charge in [0.25, 0.3) is 0 Å². The van der Waals surface area contributed by atoms with E-state index < -0.39 is 0 Å². The van der Waals surface area contributed by atoms with Crippen molar-refractivity contribution >= 4 is 11.6 Å². The van der Waals surface area contributed by atoms with Crippen molar-refractivity contribution in [2.24, 2.45) is 4.99 Å². The van der Waals surface area contributed by atoms with E-state index >= 15 is 0 Å².